The van der Waals surface area contributed by atoms with Crippen molar-refractivity contribution in [1.29, 1.82) is 0 Å². The van der Waals surface area contributed by atoms with Crippen LogP contribution in [0.15, 0.2) is 22.7 Å². The lowest BCUT2D eigenvalue weighted by molar-refractivity contribution is 0.525. The van der Waals surface area contributed by atoms with Crippen LogP contribution in [0.1, 0.15) is 25.3 Å². The number of hydrogen-bond acceptors (Lipinski definition) is 0. The van der Waals surface area contributed by atoms with Crippen LogP contribution < -0.4 is 0 Å². The maximum Gasteiger partial charge on any atom is 0.123 e. The van der Waals surface area contributed by atoms with Gasteiger partial charge in [0.05, 0.1) is 0 Å². The van der Waals surface area contributed by atoms with Crippen molar-refractivity contribution < 1.29 is 4.39 Å². The van der Waals surface area contributed by atoms with Crippen molar-refractivity contribution in [2.75, 3.05) is 5.88 Å². The van der Waals surface area contributed by atoms with Gasteiger partial charge in [0.2, 0.25) is 0 Å². The minimum atomic E-state index is -0.182. The molecule has 0 saturated carbocycles. The molecule has 1 aromatic carbocycles. The van der Waals surface area contributed by atoms with Crippen LogP contribution in [0.3, 0.4) is 0 Å². The predicted molar refractivity (Wildman–Crippen MR) is 66.9 cm³/mol. The molecule has 84 valence electrons. The Bertz CT molecular complexity index is 314. The summed E-state index contributed by atoms with van der Waals surface area (Å²) in [6.07, 6.45) is 3.05. The van der Waals surface area contributed by atoms with Crippen LogP contribution in [-0.4, -0.2) is 5.88 Å². The van der Waals surface area contributed by atoms with Gasteiger partial charge < -0.3 is 0 Å². The zero-order valence-corrected chi connectivity index (χ0v) is 11.1. The summed E-state index contributed by atoms with van der Waals surface area (Å²) in [6, 6.07) is 4.80. The molecule has 0 aliphatic rings. The van der Waals surface area contributed by atoms with E-state index >= 15 is 0 Å². The average Bonchev–Trinajstić information content (AvgIpc) is 2.22. The van der Waals surface area contributed by atoms with Crippen molar-refractivity contribution in [2.45, 2.75) is 26.2 Å². The van der Waals surface area contributed by atoms with Crippen molar-refractivity contribution >= 4 is 27.5 Å². The van der Waals surface area contributed by atoms with Crippen molar-refractivity contribution in [1.82, 2.24) is 0 Å². The SMILES string of the molecule is CCCC(CCl)Cc1cc(F)ccc1Br. The fourth-order valence-corrected chi connectivity index (χ4v) is 2.32. The number of benzene rings is 1. The third-order valence-corrected chi connectivity index (χ3v) is 3.64. The number of halogens is 3. The van der Waals surface area contributed by atoms with E-state index in [4.69, 9.17) is 11.6 Å². The summed E-state index contributed by atoms with van der Waals surface area (Å²) in [6.45, 7) is 2.14. The minimum Gasteiger partial charge on any atom is -0.207 e. The zero-order chi connectivity index (χ0) is 11.3. The monoisotopic (exact) mass is 292 g/mol. The summed E-state index contributed by atoms with van der Waals surface area (Å²) in [5, 5.41) is 0. The third-order valence-electron chi connectivity index (χ3n) is 2.43. The topological polar surface area (TPSA) is 0 Å². The molecule has 0 fully saturated rings. The molecule has 0 radical (unpaired) electrons. The van der Waals surface area contributed by atoms with Crippen LogP contribution >= 0.6 is 27.5 Å². The first kappa shape index (κ1) is 13.0. The summed E-state index contributed by atoms with van der Waals surface area (Å²) < 4.78 is 14.0. The van der Waals surface area contributed by atoms with Crippen LogP contribution in [0, 0.1) is 11.7 Å². The van der Waals surface area contributed by atoms with E-state index in [1.54, 1.807) is 12.1 Å². The second-order valence-corrected chi connectivity index (χ2v) is 4.91. The minimum absolute atomic E-state index is 0.182. The maximum atomic E-state index is 13.0. The Morgan fingerprint density at radius 2 is 2.20 bits per heavy atom. The van der Waals surface area contributed by atoms with Crippen LogP contribution in [0.5, 0.6) is 0 Å². The van der Waals surface area contributed by atoms with E-state index in [1.165, 1.54) is 6.07 Å². The van der Waals surface area contributed by atoms with Crippen LogP contribution in [-0.2, 0) is 6.42 Å². The molecule has 0 spiro atoms. The molecule has 0 nitrogen and oxygen atoms in total. The van der Waals surface area contributed by atoms with E-state index in [1.807, 2.05) is 0 Å². The Morgan fingerprint density at radius 1 is 1.47 bits per heavy atom. The zero-order valence-electron chi connectivity index (χ0n) is 8.77. The van der Waals surface area contributed by atoms with E-state index in [0.29, 0.717) is 11.8 Å². The first-order valence-electron chi connectivity index (χ1n) is 5.17. The van der Waals surface area contributed by atoms with Gasteiger partial charge in [-0.15, -0.1) is 11.6 Å². The van der Waals surface area contributed by atoms with E-state index < -0.39 is 0 Å². The van der Waals surface area contributed by atoms with Crippen molar-refractivity contribution in [3.8, 4) is 0 Å². The summed E-state index contributed by atoms with van der Waals surface area (Å²) >= 11 is 9.31. The Morgan fingerprint density at radius 3 is 2.80 bits per heavy atom. The first-order chi connectivity index (χ1) is 7.17. The summed E-state index contributed by atoms with van der Waals surface area (Å²) in [5.74, 6) is 0.893. The molecule has 1 unspecified atom stereocenters. The van der Waals surface area contributed by atoms with Gasteiger partial charge in [0.15, 0.2) is 0 Å². The van der Waals surface area contributed by atoms with Crippen molar-refractivity contribution in [3.05, 3.63) is 34.1 Å². The molecule has 15 heavy (non-hydrogen) atoms. The summed E-state index contributed by atoms with van der Waals surface area (Å²) in [5.41, 5.74) is 1.01. The number of rotatable bonds is 5. The Balaban J connectivity index is 2.73. The van der Waals surface area contributed by atoms with Gasteiger partial charge in [-0.1, -0.05) is 29.3 Å². The smallest absolute Gasteiger partial charge is 0.123 e. The maximum absolute atomic E-state index is 13.0. The third kappa shape index (κ3) is 4.12. The molecule has 1 aromatic rings. The highest BCUT2D eigenvalue weighted by atomic mass is 79.9. The Labute approximate surface area is 104 Å². The molecule has 0 aliphatic heterocycles. The molecular weight excluding hydrogens is 278 g/mol. The lowest BCUT2D eigenvalue weighted by Crippen LogP contribution is -2.06. The van der Waals surface area contributed by atoms with Gasteiger partial charge >= 0.3 is 0 Å². The second-order valence-electron chi connectivity index (χ2n) is 3.75. The Kier molecular flexibility index (Phi) is 5.62. The van der Waals surface area contributed by atoms with E-state index in [9.17, 15) is 4.39 Å². The van der Waals surface area contributed by atoms with Gasteiger partial charge in [0.1, 0.15) is 5.82 Å². The lowest BCUT2D eigenvalue weighted by Gasteiger charge is -2.13. The fourth-order valence-electron chi connectivity index (χ4n) is 1.65. The predicted octanol–water partition coefficient (Wildman–Crippen LogP) is 4.79. The highest BCUT2D eigenvalue weighted by Crippen LogP contribution is 2.23. The molecule has 0 aromatic heterocycles. The van der Waals surface area contributed by atoms with Gasteiger partial charge in [-0.25, -0.2) is 4.39 Å². The highest BCUT2D eigenvalue weighted by molar-refractivity contribution is 9.10. The average molecular weight is 294 g/mol. The fraction of sp³-hybridized carbons (Fsp3) is 0.500. The molecular formula is C12H15BrClF. The molecule has 0 N–H and O–H groups in total. The highest BCUT2D eigenvalue weighted by Gasteiger charge is 2.10. The van der Waals surface area contributed by atoms with E-state index in [0.717, 1.165) is 29.3 Å². The normalized spacial score (nSPS) is 12.8. The van der Waals surface area contributed by atoms with Crippen molar-refractivity contribution in [2.24, 2.45) is 5.92 Å². The molecule has 0 aliphatic carbocycles. The quantitative estimate of drug-likeness (QED) is 0.685. The molecule has 3 heteroatoms. The molecule has 0 amide bonds. The van der Waals surface area contributed by atoms with Crippen molar-refractivity contribution in [3.63, 3.8) is 0 Å². The standard InChI is InChI=1S/C12H15BrClF/c1-2-3-9(8-14)6-10-7-11(15)4-5-12(10)13/h4-5,7,9H,2-3,6,8H2,1H3. The van der Waals surface area contributed by atoms with E-state index in [2.05, 4.69) is 22.9 Å². The lowest BCUT2D eigenvalue weighted by atomic mass is 9.97. The molecule has 1 atom stereocenters. The Hall–Kier alpha value is -0.0800. The molecule has 1 rings (SSSR count). The molecule has 0 saturated heterocycles. The van der Waals surface area contributed by atoms with Crippen LogP contribution in [0.4, 0.5) is 4.39 Å². The van der Waals surface area contributed by atoms with Crippen LogP contribution in [0.25, 0.3) is 0 Å². The van der Waals surface area contributed by atoms with Gasteiger partial charge in [0.25, 0.3) is 0 Å². The molecule has 0 bridgehead atoms. The second kappa shape index (κ2) is 6.49. The summed E-state index contributed by atoms with van der Waals surface area (Å²) in [4.78, 5) is 0. The van der Waals surface area contributed by atoms with Gasteiger partial charge in [-0.3, -0.25) is 0 Å². The van der Waals surface area contributed by atoms with Gasteiger partial charge in [-0.05, 0) is 42.5 Å². The van der Waals surface area contributed by atoms with E-state index in [-0.39, 0.29) is 5.82 Å². The van der Waals surface area contributed by atoms with Gasteiger partial charge in [-0.2, -0.15) is 0 Å². The molecule has 0 heterocycles. The first-order valence-corrected chi connectivity index (χ1v) is 6.50. The summed E-state index contributed by atoms with van der Waals surface area (Å²) in [7, 11) is 0. The van der Waals surface area contributed by atoms with Gasteiger partial charge in [0, 0.05) is 10.4 Å². The number of hydrogen-bond donors (Lipinski definition) is 0. The largest absolute Gasteiger partial charge is 0.207 e. The van der Waals surface area contributed by atoms with Crippen LogP contribution in [0.2, 0.25) is 0 Å². The number of alkyl halides is 1.